The Bertz CT molecular complexity index is 872. The van der Waals surface area contributed by atoms with Crippen molar-refractivity contribution in [1.82, 2.24) is 24.7 Å². The lowest BCUT2D eigenvalue weighted by Crippen LogP contribution is -2.45. The third kappa shape index (κ3) is 2.42. The lowest BCUT2D eigenvalue weighted by molar-refractivity contribution is 0.364. The highest BCUT2D eigenvalue weighted by atomic mass is 15.3. The van der Waals surface area contributed by atoms with E-state index in [2.05, 4.69) is 39.0 Å². The average Bonchev–Trinajstić information content (AvgIpc) is 2.90. The number of hydrogen-bond acceptors (Lipinski definition) is 5. The zero-order valence-electron chi connectivity index (χ0n) is 14.4. The van der Waals surface area contributed by atoms with Crippen LogP contribution in [0, 0.1) is 6.92 Å². The van der Waals surface area contributed by atoms with Crippen molar-refractivity contribution >= 4 is 16.9 Å². The fourth-order valence-corrected chi connectivity index (χ4v) is 3.75. The van der Waals surface area contributed by atoms with Gasteiger partial charge in [0.15, 0.2) is 5.65 Å². The monoisotopic (exact) mass is 322 g/mol. The molecule has 24 heavy (non-hydrogen) atoms. The van der Waals surface area contributed by atoms with Gasteiger partial charge in [0.05, 0.1) is 11.4 Å². The van der Waals surface area contributed by atoms with Gasteiger partial charge in [0.1, 0.15) is 12.1 Å². The van der Waals surface area contributed by atoms with Crippen LogP contribution in [-0.4, -0.2) is 37.8 Å². The van der Waals surface area contributed by atoms with E-state index in [9.17, 15) is 0 Å². The molecule has 4 heterocycles. The first kappa shape index (κ1) is 15.1. The van der Waals surface area contributed by atoms with E-state index in [1.165, 1.54) is 0 Å². The van der Waals surface area contributed by atoms with Gasteiger partial charge in [0.25, 0.3) is 0 Å². The molecule has 0 amide bonds. The third-order valence-electron chi connectivity index (χ3n) is 5.08. The molecular formula is C18H22N6. The second-order valence-corrected chi connectivity index (χ2v) is 6.93. The minimum Gasteiger partial charge on any atom is -0.356 e. The number of hydrogen-bond donors (Lipinski definition) is 0. The van der Waals surface area contributed by atoms with Crippen LogP contribution in [0.1, 0.15) is 31.2 Å². The first-order valence-corrected chi connectivity index (χ1v) is 8.39. The maximum absolute atomic E-state index is 4.96. The minimum atomic E-state index is 0.00949. The Morgan fingerprint density at radius 3 is 2.88 bits per heavy atom. The van der Waals surface area contributed by atoms with E-state index in [4.69, 9.17) is 4.98 Å². The molecule has 0 aromatic carbocycles. The lowest BCUT2D eigenvalue weighted by Gasteiger charge is -2.40. The predicted molar refractivity (Wildman–Crippen MR) is 94.1 cm³/mol. The highest BCUT2D eigenvalue weighted by molar-refractivity contribution is 5.78. The molecule has 1 saturated heterocycles. The first-order chi connectivity index (χ1) is 11.6. The van der Waals surface area contributed by atoms with Crippen molar-refractivity contribution in [3.63, 3.8) is 0 Å². The number of aromatic nitrogens is 5. The summed E-state index contributed by atoms with van der Waals surface area (Å²) in [5.41, 5.74) is 3.14. The van der Waals surface area contributed by atoms with Crippen molar-refractivity contribution in [2.45, 2.75) is 32.1 Å². The summed E-state index contributed by atoms with van der Waals surface area (Å²) in [5, 5.41) is 5.62. The highest BCUT2D eigenvalue weighted by Crippen LogP contribution is 2.35. The second-order valence-electron chi connectivity index (χ2n) is 6.93. The molecule has 6 nitrogen and oxygen atoms in total. The third-order valence-corrected chi connectivity index (χ3v) is 5.08. The normalized spacial score (nSPS) is 21.4. The number of nitrogens with zero attached hydrogens (tertiary/aromatic N) is 6. The van der Waals surface area contributed by atoms with Gasteiger partial charge in [-0.2, -0.15) is 5.10 Å². The standard InChI is InChI=1S/C18H22N6/c1-13-14-5-6-15(21-17(14)23(3)22-13)18(2)8-4-10-24(11-18)16-7-9-19-12-20-16/h5-7,9,12H,4,8,10-11H2,1-3H3/t18-/m0/s1. The van der Waals surface area contributed by atoms with Gasteiger partial charge >= 0.3 is 0 Å². The maximum atomic E-state index is 4.96. The average molecular weight is 322 g/mol. The molecule has 1 atom stereocenters. The number of fused-ring (bicyclic) bond motifs is 1. The molecule has 0 saturated carbocycles. The summed E-state index contributed by atoms with van der Waals surface area (Å²) in [6.45, 7) is 6.28. The molecule has 1 aliphatic rings. The molecule has 0 aliphatic carbocycles. The molecule has 0 unspecified atom stereocenters. The molecule has 3 aromatic rings. The van der Waals surface area contributed by atoms with Crippen LogP contribution in [-0.2, 0) is 12.5 Å². The number of rotatable bonds is 2. The predicted octanol–water partition coefficient (Wildman–Crippen LogP) is 2.62. The Labute approximate surface area is 141 Å². The van der Waals surface area contributed by atoms with Crippen molar-refractivity contribution < 1.29 is 0 Å². The summed E-state index contributed by atoms with van der Waals surface area (Å²) in [4.78, 5) is 15.7. The van der Waals surface area contributed by atoms with Gasteiger partial charge in [-0.05, 0) is 38.0 Å². The second kappa shape index (κ2) is 5.54. The molecule has 1 fully saturated rings. The van der Waals surface area contributed by atoms with Gasteiger partial charge in [-0.1, -0.05) is 6.92 Å². The van der Waals surface area contributed by atoms with E-state index in [0.29, 0.717) is 0 Å². The summed E-state index contributed by atoms with van der Waals surface area (Å²) in [7, 11) is 1.96. The number of pyridine rings is 1. The Kier molecular flexibility index (Phi) is 3.48. The van der Waals surface area contributed by atoms with Crippen molar-refractivity contribution in [3.05, 3.63) is 42.1 Å². The van der Waals surface area contributed by atoms with E-state index < -0.39 is 0 Å². The Hall–Kier alpha value is -2.50. The Morgan fingerprint density at radius 2 is 2.08 bits per heavy atom. The largest absolute Gasteiger partial charge is 0.356 e. The van der Waals surface area contributed by atoms with Crippen molar-refractivity contribution in [2.75, 3.05) is 18.0 Å². The lowest BCUT2D eigenvalue weighted by atomic mass is 9.78. The van der Waals surface area contributed by atoms with Crippen LogP contribution in [0.4, 0.5) is 5.82 Å². The molecule has 0 radical (unpaired) electrons. The molecule has 4 rings (SSSR count). The van der Waals surface area contributed by atoms with Crippen LogP contribution >= 0.6 is 0 Å². The van der Waals surface area contributed by atoms with Gasteiger partial charge < -0.3 is 4.90 Å². The zero-order valence-corrected chi connectivity index (χ0v) is 14.4. The van der Waals surface area contributed by atoms with E-state index >= 15 is 0 Å². The van der Waals surface area contributed by atoms with Crippen molar-refractivity contribution in [3.8, 4) is 0 Å². The zero-order chi connectivity index (χ0) is 16.7. The van der Waals surface area contributed by atoms with Crippen LogP contribution < -0.4 is 4.90 Å². The van der Waals surface area contributed by atoms with E-state index in [1.54, 1.807) is 12.5 Å². The molecule has 124 valence electrons. The summed E-state index contributed by atoms with van der Waals surface area (Å²) in [6.07, 6.45) is 5.68. The molecule has 0 N–H and O–H groups in total. The van der Waals surface area contributed by atoms with Crippen LogP contribution in [0.2, 0.25) is 0 Å². The maximum Gasteiger partial charge on any atom is 0.158 e. The van der Waals surface area contributed by atoms with E-state index in [1.807, 2.05) is 24.7 Å². The summed E-state index contributed by atoms with van der Waals surface area (Å²) < 4.78 is 1.88. The Morgan fingerprint density at radius 1 is 1.21 bits per heavy atom. The molecule has 0 spiro atoms. The van der Waals surface area contributed by atoms with Crippen LogP contribution in [0.25, 0.3) is 11.0 Å². The van der Waals surface area contributed by atoms with E-state index in [0.717, 1.165) is 54.2 Å². The van der Waals surface area contributed by atoms with Crippen molar-refractivity contribution in [2.24, 2.45) is 7.05 Å². The van der Waals surface area contributed by atoms with Gasteiger partial charge in [-0.25, -0.2) is 15.0 Å². The summed E-state index contributed by atoms with van der Waals surface area (Å²) >= 11 is 0. The first-order valence-electron chi connectivity index (χ1n) is 8.39. The van der Waals surface area contributed by atoms with Gasteiger partial charge in [0, 0.05) is 37.1 Å². The molecule has 3 aromatic heterocycles. The van der Waals surface area contributed by atoms with E-state index in [-0.39, 0.29) is 5.41 Å². The highest BCUT2D eigenvalue weighted by Gasteiger charge is 2.34. The van der Waals surface area contributed by atoms with Gasteiger partial charge in [0.2, 0.25) is 0 Å². The molecule has 0 bridgehead atoms. The number of aryl methyl sites for hydroxylation is 2. The number of anilines is 1. The molecular weight excluding hydrogens is 300 g/mol. The Balaban J connectivity index is 1.70. The molecule has 1 aliphatic heterocycles. The summed E-state index contributed by atoms with van der Waals surface area (Å²) in [5.74, 6) is 0.994. The number of piperidine rings is 1. The van der Waals surface area contributed by atoms with Gasteiger partial charge in [-0.15, -0.1) is 0 Å². The van der Waals surface area contributed by atoms with Crippen LogP contribution in [0.15, 0.2) is 30.7 Å². The SMILES string of the molecule is Cc1nn(C)c2nc([C@@]3(C)CCCN(c4ccncn4)C3)ccc12. The summed E-state index contributed by atoms with van der Waals surface area (Å²) in [6, 6.07) is 6.31. The van der Waals surface area contributed by atoms with Crippen LogP contribution in [0.3, 0.4) is 0 Å². The fraction of sp³-hybridized carbons (Fsp3) is 0.444. The van der Waals surface area contributed by atoms with Crippen molar-refractivity contribution in [1.29, 1.82) is 0 Å². The molecule has 6 heteroatoms. The van der Waals surface area contributed by atoms with Gasteiger partial charge in [-0.3, -0.25) is 4.68 Å². The fourth-order valence-electron chi connectivity index (χ4n) is 3.75. The topological polar surface area (TPSA) is 59.7 Å². The smallest absolute Gasteiger partial charge is 0.158 e. The quantitative estimate of drug-likeness (QED) is 0.726. The van der Waals surface area contributed by atoms with Crippen LogP contribution in [0.5, 0.6) is 0 Å². The minimum absolute atomic E-state index is 0.00949.